The molecule has 12 rings (SSSR count). The SMILES string of the molecule is c1ccc(-c2ccccc2N(c2ccc(-c3cccc(-c4ccc5ccccc5c4)c3)cc2)c2ccc(-c3cccc4c3-c3ccccc3C4(c3ccccc3)c3ccccc3)cc2)cc1. The highest BCUT2D eigenvalue weighted by atomic mass is 15.1. The van der Waals surface area contributed by atoms with Crippen molar-refractivity contribution in [2.75, 3.05) is 4.90 Å². The van der Waals surface area contributed by atoms with Crippen LogP contribution in [0.15, 0.2) is 273 Å². The van der Waals surface area contributed by atoms with Gasteiger partial charge >= 0.3 is 0 Å². The Bertz CT molecular complexity index is 3460. The van der Waals surface area contributed by atoms with Gasteiger partial charge in [-0.2, -0.15) is 0 Å². The van der Waals surface area contributed by atoms with Crippen molar-refractivity contribution in [2.24, 2.45) is 0 Å². The molecule has 1 nitrogen and oxygen atoms in total. The molecule has 0 atom stereocenters. The van der Waals surface area contributed by atoms with Gasteiger partial charge in [0.2, 0.25) is 0 Å². The van der Waals surface area contributed by atoms with Crippen molar-refractivity contribution in [3.8, 4) is 55.6 Å². The van der Waals surface area contributed by atoms with E-state index in [4.69, 9.17) is 0 Å². The van der Waals surface area contributed by atoms with Crippen molar-refractivity contribution in [1.29, 1.82) is 0 Å². The van der Waals surface area contributed by atoms with Crippen LogP contribution in [-0.2, 0) is 5.41 Å². The lowest BCUT2D eigenvalue weighted by Gasteiger charge is -2.34. The molecule has 0 aromatic heterocycles. The second-order valence-electron chi connectivity index (χ2n) is 17.2. The van der Waals surface area contributed by atoms with Crippen LogP contribution in [0, 0.1) is 0 Å². The molecule has 0 N–H and O–H groups in total. The van der Waals surface area contributed by atoms with Crippen LogP contribution < -0.4 is 4.90 Å². The van der Waals surface area contributed by atoms with Gasteiger partial charge in [-0.3, -0.25) is 0 Å². The third-order valence-corrected chi connectivity index (χ3v) is 13.6. The summed E-state index contributed by atoms with van der Waals surface area (Å²) in [7, 11) is 0. The van der Waals surface area contributed by atoms with E-state index in [1.54, 1.807) is 0 Å². The van der Waals surface area contributed by atoms with Gasteiger partial charge in [0.1, 0.15) is 0 Å². The van der Waals surface area contributed by atoms with Crippen LogP contribution in [0.1, 0.15) is 22.3 Å². The van der Waals surface area contributed by atoms with E-state index in [2.05, 4.69) is 278 Å². The Hall–Kier alpha value is -8.52. The topological polar surface area (TPSA) is 3.24 Å². The lowest BCUT2D eigenvalue weighted by Crippen LogP contribution is -2.28. The van der Waals surface area contributed by atoms with Crippen LogP contribution in [0.3, 0.4) is 0 Å². The number of benzene rings is 11. The fraction of sp³-hybridized carbons (Fsp3) is 0.0154. The molecule has 1 aliphatic rings. The summed E-state index contributed by atoms with van der Waals surface area (Å²) in [6, 6.07) is 99.9. The first-order chi connectivity index (χ1) is 32.7. The molecule has 0 spiro atoms. The van der Waals surface area contributed by atoms with E-state index in [1.807, 2.05) is 0 Å². The molecule has 1 aliphatic carbocycles. The molecular weight excluding hydrogens is 795 g/mol. The zero-order valence-corrected chi connectivity index (χ0v) is 36.4. The van der Waals surface area contributed by atoms with Gasteiger partial charge < -0.3 is 4.90 Å². The van der Waals surface area contributed by atoms with Crippen molar-refractivity contribution in [3.63, 3.8) is 0 Å². The van der Waals surface area contributed by atoms with Crippen molar-refractivity contribution < 1.29 is 0 Å². The summed E-state index contributed by atoms with van der Waals surface area (Å²) in [6.07, 6.45) is 0. The number of rotatable bonds is 9. The molecule has 0 saturated heterocycles. The monoisotopic (exact) mass is 839 g/mol. The van der Waals surface area contributed by atoms with E-state index in [-0.39, 0.29) is 0 Å². The van der Waals surface area contributed by atoms with Crippen LogP contribution in [0.25, 0.3) is 66.4 Å². The first kappa shape index (κ1) is 39.1. The maximum absolute atomic E-state index is 2.40. The minimum atomic E-state index is -0.452. The third-order valence-electron chi connectivity index (χ3n) is 13.6. The molecule has 0 radical (unpaired) electrons. The second kappa shape index (κ2) is 16.6. The summed E-state index contributed by atoms with van der Waals surface area (Å²) in [6.45, 7) is 0. The fourth-order valence-electron chi connectivity index (χ4n) is 10.5. The van der Waals surface area contributed by atoms with Crippen molar-refractivity contribution in [2.45, 2.75) is 5.41 Å². The molecular formula is C65H45N. The summed E-state index contributed by atoms with van der Waals surface area (Å²) in [5, 5.41) is 2.50. The Labute approximate surface area is 387 Å². The Morgan fingerprint density at radius 2 is 0.712 bits per heavy atom. The number of nitrogens with zero attached hydrogens (tertiary/aromatic N) is 1. The third kappa shape index (κ3) is 6.64. The Kier molecular flexibility index (Phi) is 9.81. The standard InChI is InChI=1S/C65H45N/c1-4-19-48(20-5-1)58-28-13-15-33-63(58)66(56-40-36-47(37-41-56)51-22-16-23-52(44-51)53-35-34-46-18-10-11-21-50(46)45-53)57-42-38-49(39-43-57)59-30-17-32-62-64(59)60-29-12-14-31-61(60)65(62,54-24-6-2-7-25-54)55-26-8-3-9-27-55/h1-45H. The minimum Gasteiger partial charge on any atom is -0.310 e. The number of hydrogen-bond donors (Lipinski definition) is 0. The maximum Gasteiger partial charge on any atom is 0.0713 e. The first-order valence-electron chi connectivity index (χ1n) is 22.8. The zero-order valence-electron chi connectivity index (χ0n) is 36.4. The molecule has 1 heteroatoms. The van der Waals surface area contributed by atoms with Gasteiger partial charge in [-0.05, 0) is 126 Å². The molecule has 0 saturated carbocycles. The van der Waals surface area contributed by atoms with Gasteiger partial charge in [-0.1, -0.05) is 231 Å². The number of hydrogen-bond acceptors (Lipinski definition) is 1. The van der Waals surface area contributed by atoms with Crippen LogP contribution in [0.4, 0.5) is 17.1 Å². The lowest BCUT2D eigenvalue weighted by molar-refractivity contribution is 0.768. The largest absolute Gasteiger partial charge is 0.310 e. The van der Waals surface area contributed by atoms with Crippen molar-refractivity contribution in [3.05, 3.63) is 295 Å². The van der Waals surface area contributed by atoms with Crippen LogP contribution in [0.2, 0.25) is 0 Å². The van der Waals surface area contributed by atoms with E-state index in [0.29, 0.717) is 0 Å². The Balaban J connectivity index is 0.962. The quantitative estimate of drug-likeness (QED) is 0.140. The second-order valence-corrected chi connectivity index (χ2v) is 17.2. The van der Waals surface area contributed by atoms with Crippen LogP contribution in [-0.4, -0.2) is 0 Å². The number of para-hydroxylation sites is 1. The highest BCUT2D eigenvalue weighted by Crippen LogP contribution is 2.58. The number of anilines is 3. The van der Waals surface area contributed by atoms with Crippen molar-refractivity contribution in [1.82, 2.24) is 0 Å². The number of fused-ring (bicyclic) bond motifs is 4. The summed E-state index contributed by atoms with van der Waals surface area (Å²) >= 11 is 0. The fourth-order valence-corrected chi connectivity index (χ4v) is 10.5. The average molecular weight is 840 g/mol. The summed E-state index contributed by atoms with van der Waals surface area (Å²) in [5.41, 5.74) is 20.1. The highest BCUT2D eigenvalue weighted by Gasteiger charge is 2.46. The molecule has 0 aliphatic heterocycles. The molecule has 0 bridgehead atoms. The minimum absolute atomic E-state index is 0.452. The zero-order chi connectivity index (χ0) is 43.9. The predicted molar refractivity (Wildman–Crippen MR) is 278 cm³/mol. The van der Waals surface area contributed by atoms with E-state index < -0.39 is 5.41 Å². The predicted octanol–water partition coefficient (Wildman–Crippen LogP) is 17.3. The van der Waals surface area contributed by atoms with Gasteiger partial charge in [0.15, 0.2) is 0 Å². The maximum atomic E-state index is 2.40. The van der Waals surface area contributed by atoms with Gasteiger partial charge in [0.25, 0.3) is 0 Å². The summed E-state index contributed by atoms with van der Waals surface area (Å²) in [5.74, 6) is 0. The molecule has 0 unspecified atom stereocenters. The Morgan fingerprint density at radius 1 is 0.258 bits per heavy atom. The molecule has 0 amide bonds. The molecule has 11 aromatic carbocycles. The van der Waals surface area contributed by atoms with Gasteiger partial charge in [0, 0.05) is 16.9 Å². The average Bonchev–Trinajstić information content (AvgIpc) is 3.71. The van der Waals surface area contributed by atoms with Gasteiger partial charge in [-0.25, -0.2) is 0 Å². The summed E-state index contributed by atoms with van der Waals surface area (Å²) < 4.78 is 0. The Morgan fingerprint density at radius 3 is 1.41 bits per heavy atom. The van der Waals surface area contributed by atoms with Gasteiger partial charge in [-0.15, -0.1) is 0 Å². The van der Waals surface area contributed by atoms with Crippen LogP contribution >= 0.6 is 0 Å². The van der Waals surface area contributed by atoms with E-state index in [9.17, 15) is 0 Å². The van der Waals surface area contributed by atoms with E-state index in [1.165, 1.54) is 88.7 Å². The molecule has 11 aromatic rings. The lowest BCUT2D eigenvalue weighted by atomic mass is 9.67. The summed E-state index contributed by atoms with van der Waals surface area (Å²) in [4.78, 5) is 2.40. The smallest absolute Gasteiger partial charge is 0.0713 e. The molecule has 0 fully saturated rings. The first-order valence-corrected chi connectivity index (χ1v) is 22.8. The van der Waals surface area contributed by atoms with E-state index >= 15 is 0 Å². The molecule has 66 heavy (non-hydrogen) atoms. The molecule has 0 heterocycles. The normalized spacial score (nSPS) is 12.4. The highest BCUT2D eigenvalue weighted by molar-refractivity contribution is 5.96. The van der Waals surface area contributed by atoms with Crippen molar-refractivity contribution >= 4 is 27.8 Å². The van der Waals surface area contributed by atoms with E-state index in [0.717, 1.165) is 17.1 Å². The van der Waals surface area contributed by atoms with Gasteiger partial charge in [0.05, 0.1) is 11.1 Å². The van der Waals surface area contributed by atoms with Crippen LogP contribution in [0.5, 0.6) is 0 Å². The molecule has 310 valence electrons.